The zero-order chi connectivity index (χ0) is 11.5. The van der Waals surface area contributed by atoms with Gasteiger partial charge in [0.25, 0.3) is 0 Å². The van der Waals surface area contributed by atoms with Crippen molar-refractivity contribution < 1.29 is 4.79 Å². The van der Waals surface area contributed by atoms with Crippen molar-refractivity contribution in [3.8, 4) is 12.3 Å². The Bertz CT molecular complexity index is 459. The van der Waals surface area contributed by atoms with Crippen molar-refractivity contribution in [3.63, 3.8) is 0 Å². The molecule has 1 amide bonds. The first-order valence-corrected chi connectivity index (χ1v) is 5.34. The first-order valence-electron chi connectivity index (χ1n) is 5.34. The number of benzene rings is 1. The highest BCUT2D eigenvalue weighted by atomic mass is 16.1. The first-order chi connectivity index (χ1) is 7.74. The molecule has 0 saturated heterocycles. The number of hydrogen-bond donors (Lipinski definition) is 1. The van der Waals surface area contributed by atoms with Crippen molar-refractivity contribution >= 4 is 11.6 Å². The fourth-order valence-electron chi connectivity index (χ4n) is 2.21. The summed E-state index contributed by atoms with van der Waals surface area (Å²) in [6.07, 6.45) is 7.24. The molecule has 82 valence electrons. The van der Waals surface area contributed by atoms with Gasteiger partial charge in [0, 0.05) is 17.8 Å². The fourth-order valence-corrected chi connectivity index (χ4v) is 2.21. The molecule has 1 aromatic carbocycles. The van der Waals surface area contributed by atoms with Gasteiger partial charge in [-0.3, -0.25) is 4.79 Å². The lowest BCUT2D eigenvalue weighted by Crippen LogP contribution is -2.31. The van der Waals surface area contributed by atoms with E-state index in [0.717, 1.165) is 30.6 Å². The summed E-state index contributed by atoms with van der Waals surface area (Å²) in [4.78, 5) is 13.4. The van der Waals surface area contributed by atoms with E-state index in [1.165, 1.54) is 0 Å². The lowest BCUT2D eigenvalue weighted by atomic mass is 9.96. The maximum atomic E-state index is 11.3. The molecule has 3 heteroatoms. The number of rotatable bonds is 2. The molecule has 0 aliphatic carbocycles. The Labute approximate surface area is 95.2 Å². The van der Waals surface area contributed by atoms with Crippen molar-refractivity contribution in [1.82, 2.24) is 0 Å². The van der Waals surface area contributed by atoms with Gasteiger partial charge in [-0.05, 0) is 30.5 Å². The lowest BCUT2D eigenvalue weighted by Gasteiger charge is -2.30. The van der Waals surface area contributed by atoms with Crippen molar-refractivity contribution in [2.24, 2.45) is 5.73 Å². The smallest absolute Gasteiger partial charge is 0.249 e. The zero-order valence-electron chi connectivity index (χ0n) is 9.07. The number of anilines is 1. The summed E-state index contributed by atoms with van der Waals surface area (Å²) in [7, 11) is 0. The van der Waals surface area contributed by atoms with Crippen LogP contribution in [0.25, 0.3) is 0 Å². The Morgan fingerprint density at radius 1 is 1.56 bits per heavy atom. The standard InChI is InChI=1S/C13H14N2O/c1-2-8-15-9-4-6-10-11(13(14)16)5-3-7-12(10)15/h1,3,5,7H,4,6,8-9H2,(H2,14,16). The molecule has 1 heterocycles. The monoisotopic (exact) mass is 214 g/mol. The van der Waals surface area contributed by atoms with Gasteiger partial charge in [-0.2, -0.15) is 0 Å². The highest BCUT2D eigenvalue weighted by molar-refractivity contribution is 5.96. The number of nitrogens with zero attached hydrogens (tertiary/aromatic N) is 1. The van der Waals surface area contributed by atoms with Crippen LogP contribution in [0.3, 0.4) is 0 Å². The van der Waals surface area contributed by atoms with E-state index in [4.69, 9.17) is 12.2 Å². The third-order valence-electron chi connectivity index (χ3n) is 2.89. The number of carbonyl (C=O) groups excluding carboxylic acids is 1. The number of terminal acetylenes is 1. The molecule has 0 spiro atoms. The molecule has 3 nitrogen and oxygen atoms in total. The van der Waals surface area contributed by atoms with Crippen molar-refractivity contribution in [2.45, 2.75) is 12.8 Å². The molecule has 16 heavy (non-hydrogen) atoms. The van der Waals surface area contributed by atoms with Crippen LogP contribution >= 0.6 is 0 Å². The lowest BCUT2D eigenvalue weighted by molar-refractivity contribution is 0.0999. The van der Waals surface area contributed by atoms with Crippen LogP contribution < -0.4 is 10.6 Å². The van der Waals surface area contributed by atoms with E-state index in [9.17, 15) is 4.79 Å². The Morgan fingerprint density at radius 2 is 2.38 bits per heavy atom. The normalized spacial score (nSPS) is 14.1. The Morgan fingerprint density at radius 3 is 3.06 bits per heavy atom. The fraction of sp³-hybridized carbons (Fsp3) is 0.308. The van der Waals surface area contributed by atoms with Crippen LogP contribution in [-0.2, 0) is 6.42 Å². The SMILES string of the molecule is C#CCN1CCCc2c(C(N)=O)cccc21. The summed E-state index contributed by atoms with van der Waals surface area (Å²) in [6, 6.07) is 5.63. The summed E-state index contributed by atoms with van der Waals surface area (Å²) in [5.74, 6) is 2.28. The number of primary amides is 1. The maximum absolute atomic E-state index is 11.3. The van der Waals surface area contributed by atoms with Crippen LogP contribution in [0.4, 0.5) is 5.69 Å². The molecule has 1 aromatic rings. The molecular formula is C13H14N2O. The maximum Gasteiger partial charge on any atom is 0.249 e. The van der Waals surface area contributed by atoms with Gasteiger partial charge in [-0.15, -0.1) is 6.42 Å². The van der Waals surface area contributed by atoms with Crippen molar-refractivity contribution in [3.05, 3.63) is 29.3 Å². The average Bonchev–Trinajstić information content (AvgIpc) is 2.29. The highest BCUT2D eigenvalue weighted by Gasteiger charge is 2.20. The van der Waals surface area contributed by atoms with Crippen LogP contribution in [0.5, 0.6) is 0 Å². The van der Waals surface area contributed by atoms with Gasteiger partial charge in [-0.25, -0.2) is 0 Å². The third-order valence-corrected chi connectivity index (χ3v) is 2.89. The number of nitrogens with two attached hydrogens (primary N) is 1. The van der Waals surface area contributed by atoms with Crippen LogP contribution in [0.15, 0.2) is 18.2 Å². The number of amides is 1. The summed E-state index contributed by atoms with van der Waals surface area (Å²) in [6.45, 7) is 1.52. The quantitative estimate of drug-likeness (QED) is 0.751. The summed E-state index contributed by atoms with van der Waals surface area (Å²) >= 11 is 0. The summed E-state index contributed by atoms with van der Waals surface area (Å²) in [5.41, 5.74) is 8.08. The van der Waals surface area contributed by atoms with E-state index in [1.807, 2.05) is 12.1 Å². The molecule has 0 unspecified atom stereocenters. The van der Waals surface area contributed by atoms with E-state index < -0.39 is 0 Å². The molecule has 1 aliphatic heterocycles. The van der Waals surface area contributed by atoms with E-state index in [0.29, 0.717) is 12.1 Å². The predicted molar refractivity (Wildman–Crippen MR) is 64.3 cm³/mol. The molecule has 0 fully saturated rings. The number of carbonyl (C=O) groups is 1. The summed E-state index contributed by atoms with van der Waals surface area (Å²) < 4.78 is 0. The van der Waals surface area contributed by atoms with Crippen molar-refractivity contribution in [2.75, 3.05) is 18.0 Å². The first kappa shape index (κ1) is 10.6. The van der Waals surface area contributed by atoms with Crippen LogP contribution in [0.1, 0.15) is 22.3 Å². The van der Waals surface area contributed by atoms with Gasteiger partial charge in [0.1, 0.15) is 0 Å². The molecule has 0 bridgehead atoms. The predicted octanol–water partition coefficient (Wildman–Crippen LogP) is 1.17. The molecule has 0 atom stereocenters. The third kappa shape index (κ3) is 1.74. The molecule has 0 aromatic heterocycles. The van der Waals surface area contributed by atoms with Gasteiger partial charge in [-0.1, -0.05) is 12.0 Å². The minimum atomic E-state index is -0.362. The topological polar surface area (TPSA) is 46.3 Å². The van der Waals surface area contributed by atoms with Gasteiger partial charge in [0.15, 0.2) is 0 Å². The Hall–Kier alpha value is -1.95. The second-order valence-corrected chi connectivity index (χ2v) is 3.90. The molecule has 1 aliphatic rings. The molecule has 2 N–H and O–H groups in total. The minimum Gasteiger partial charge on any atom is -0.366 e. The zero-order valence-corrected chi connectivity index (χ0v) is 9.07. The minimum absolute atomic E-state index is 0.362. The van der Waals surface area contributed by atoms with E-state index in [-0.39, 0.29) is 5.91 Å². The molecule has 0 saturated carbocycles. The second kappa shape index (κ2) is 4.28. The van der Waals surface area contributed by atoms with Gasteiger partial charge < -0.3 is 10.6 Å². The van der Waals surface area contributed by atoms with Crippen LogP contribution in [0, 0.1) is 12.3 Å². The van der Waals surface area contributed by atoms with E-state index in [2.05, 4.69) is 10.8 Å². The Balaban J connectivity index is 2.47. The van der Waals surface area contributed by atoms with Crippen molar-refractivity contribution in [1.29, 1.82) is 0 Å². The highest BCUT2D eigenvalue weighted by Crippen LogP contribution is 2.29. The van der Waals surface area contributed by atoms with Gasteiger partial charge >= 0.3 is 0 Å². The Kier molecular flexibility index (Phi) is 2.82. The second-order valence-electron chi connectivity index (χ2n) is 3.90. The largest absolute Gasteiger partial charge is 0.366 e. The van der Waals surface area contributed by atoms with E-state index in [1.54, 1.807) is 6.07 Å². The average molecular weight is 214 g/mol. The van der Waals surface area contributed by atoms with Gasteiger partial charge in [0.2, 0.25) is 5.91 Å². The van der Waals surface area contributed by atoms with E-state index >= 15 is 0 Å². The molecule has 2 rings (SSSR count). The molecule has 0 radical (unpaired) electrons. The number of hydrogen-bond acceptors (Lipinski definition) is 2. The van der Waals surface area contributed by atoms with Crippen LogP contribution in [0.2, 0.25) is 0 Å². The molecular weight excluding hydrogens is 200 g/mol. The van der Waals surface area contributed by atoms with Gasteiger partial charge in [0.05, 0.1) is 6.54 Å². The van der Waals surface area contributed by atoms with Crippen LogP contribution in [-0.4, -0.2) is 19.0 Å². The number of fused-ring (bicyclic) bond motifs is 1. The summed E-state index contributed by atoms with van der Waals surface area (Å²) in [5, 5.41) is 0.